The van der Waals surface area contributed by atoms with Crippen molar-refractivity contribution in [3.8, 4) is 5.75 Å². The number of nitrogens with zero attached hydrogens (tertiary/aromatic N) is 1. The molecule has 1 amide bonds. The van der Waals surface area contributed by atoms with Crippen LogP contribution in [0.25, 0.3) is 0 Å². The maximum Gasteiger partial charge on any atom is 0.269 e. The molecule has 3 N–H and O–H groups in total. The highest BCUT2D eigenvalue weighted by Crippen LogP contribution is 2.20. The lowest BCUT2D eigenvalue weighted by molar-refractivity contribution is -0.384. The van der Waals surface area contributed by atoms with Gasteiger partial charge in [-0.05, 0) is 61.5 Å². The highest BCUT2D eigenvalue weighted by Gasteiger charge is 2.15. The Morgan fingerprint density at radius 1 is 0.971 bits per heavy atom. The van der Waals surface area contributed by atoms with Gasteiger partial charge in [-0.15, -0.1) is 0 Å². The average Bonchev–Trinajstić information content (AvgIpc) is 2.82. The maximum atomic E-state index is 12.7. The van der Waals surface area contributed by atoms with E-state index < -0.39 is 14.9 Å². The van der Waals surface area contributed by atoms with Crippen LogP contribution >= 0.6 is 0 Å². The number of nitro benzene ring substituents is 1. The van der Waals surface area contributed by atoms with Gasteiger partial charge in [0.2, 0.25) is 0 Å². The fourth-order valence-electron chi connectivity index (χ4n) is 3.01. The van der Waals surface area contributed by atoms with Gasteiger partial charge in [0, 0.05) is 42.2 Å². The Morgan fingerprint density at radius 2 is 1.68 bits per heavy atom. The Kier molecular flexibility index (Phi) is 8.04. The van der Waals surface area contributed by atoms with Crippen molar-refractivity contribution in [3.05, 3.63) is 88.5 Å². The summed E-state index contributed by atoms with van der Waals surface area (Å²) in [5.41, 5.74) is 1.23. The first-order valence-electron chi connectivity index (χ1n) is 10.4. The number of rotatable bonds is 11. The molecule has 0 aliphatic rings. The molecule has 178 valence electrons. The summed E-state index contributed by atoms with van der Waals surface area (Å²) in [7, 11) is -3.84. The van der Waals surface area contributed by atoms with E-state index in [0.717, 1.165) is 0 Å². The van der Waals surface area contributed by atoms with Crippen molar-refractivity contribution < 1.29 is 22.9 Å². The third kappa shape index (κ3) is 6.69. The van der Waals surface area contributed by atoms with Crippen LogP contribution in [0.1, 0.15) is 17.3 Å². The summed E-state index contributed by atoms with van der Waals surface area (Å²) < 4.78 is 33.1. The summed E-state index contributed by atoms with van der Waals surface area (Å²) in [5, 5.41) is 16.5. The summed E-state index contributed by atoms with van der Waals surface area (Å²) in [6.45, 7) is 3.00. The van der Waals surface area contributed by atoms with Crippen LogP contribution in [-0.2, 0) is 10.0 Å². The number of ether oxygens (including phenoxy) is 1. The average molecular weight is 485 g/mol. The van der Waals surface area contributed by atoms with Crippen LogP contribution in [0.3, 0.4) is 0 Å². The van der Waals surface area contributed by atoms with Crippen LogP contribution in [0.2, 0.25) is 0 Å². The second-order valence-corrected chi connectivity index (χ2v) is 8.76. The zero-order valence-electron chi connectivity index (χ0n) is 18.4. The predicted octanol–water partition coefficient (Wildman–Crippen LogP) is 3.64. The van der Waals surface area contributed by atoms with Crippen molar-refractivity contribution in [1.29, 1.82) is 0 Å². The van der Waals surface area contributed by atoms with E-state index in [2.05, 4.69) is 15.4 Å². The number of nitro groups is 1. The van der Waals surface area contributed by atoms with Crippen molar-refractivity contribution in [2.24, 2.45) is 0 Å². The molecule has 0 atom stereocenters. The summed E-state index contributed by atoms with van der Waals surface area (Å²) in [4.78, 5) is 22.7. The monoisotopic (exact) mass is 484 g/mol. The number of anilines is 2. The topological polar surface area (TPSA) is 140 Å². The SMILES string of the molecule is CCOc1ccc(S(=O)(=O)Nc2cccc(C(=O)NCCNc3ccc([N+](=O)[O-])cc3)c2)cc1. The molecule has 0 saturated carbocycles. The summed E-state index contributed by atoms with van der Waals surface area (Å²) in [6, 6.07) is 18.2. The van der Waals surface area contributed by atoms with Gasteiger partial charge >= 0.3 is 0 Å². The van der Waals surface area contributed by atoms with E-state index in [1.54, 1.807) is 42.5 Å². The molecule has 0 radical (unpaired) electrons. The lowest BCUT2D eigenvalue weighted by Gasteiger charge is -2.11. The Morgan fingerprint density at radius 3 is 2.32 bits per heavy atom. The smallest absolute Gasteiger partial charge is 0.269 e. The fourth-order valence-corrected chi connectivity index (χ4v) is 4.06. The van der Waals surface area contributed by atoms with Gasteiger partial charge in [0.25, 0.3) is 21.6 Å². The predicted molar refractivity (Wildman–Crippen MR) is 129 cm³/mol. The molecule has 3 aromatic rings. The number of carbonyl (C=O) groups is 1. The van der Waals surface area contributed by atoms with Crippen molar-refractivity contribution in [3.63, 3.8) is 0 Å². The van der Waals surface area contributed by atoms with E-state index in [1.165, 1.54) is 30.3 Å². The molecular formula is C23H24N4O6S. The van der Waals surface area contributed by atoms with Gasteiger partial charge in [-0.3, -0.25) is 19.6 Å². The number of nitrogens with one attached hydrogen (secondary N) is 3. The van der Waals surface area contributed by atoms with E-state index in [9.17, 15) is 23.3 Å². The second-order valence-electron chi connectivity index (χ2n) is 7.08. The molecule has 0 aliphatic carbocycles. The van der Waals surface area contributed by atoms with Crippen molar-refractivity contribution >= 4 is 33.0 Å². The molecule has 0 unspecified atom stereocenters. The third-order valence-corrected chi connectivity index (χ3v) is 6.04. The Bertz CT molecular complexity index is 1250. The minimum atomic E-state index is -3.84. The molecule has 10 nitrogen and oxygen atoms in total. The van der Waals surface area contributed by atoms with Crippen LogP contribution in [0.4, 0.5) is 17.1 Å². The van der Waals surface area contributed by atoms with Crippen molar-refractivity contribution in [2.75, 3.05) is 29.7 Å². The molecule has 0 bridgehead atoms. The van der Waals surface area contributed by atoms with E-state index in [4.69, 9.17) is 4.74 Å². The summed E-state index contributed by atoms with van der Waals surface area (Å²) in [5.74, 6) is 0.204. The zero-order chi connectivity index (χ0) is 24.6. The summed E-state index contributed by atoms with van der Waals surface area (Å²) >= 11 is 0. The molecule has 34 heavy (non-hydrogen) atoms. The Labute approximate surface area is 197 Å². The van der Waals surface area contributed by atoms with Gasteiger partial charge in [-0.1, -0.05) is 6.07 Å². The molecule has 0 spiro atoms. The fraction of sp³-hybridized carbons (Fsp3) is 0.174. The Hall–Kier alpha value is -4.12. The highest BCUT2D eigenvalue weighted by molar-refractivity contribution is 7.92. The van der Waals surface area contributed by atoms with Crippen LogP contribution in [0, 0.1) is 10.1 Å². The van der Waals surface area contributed by atoms with Crippen LogP contribution < -0.4 is 20.1 Å². The summed E-state index contributed by atoms with van der Waals surface area (Å²) in [6.07, 6.45) is 0. The normalized spacial score (nSPS) is 10.9. The molecule has 0 heterocycles. The number of amides is 1. The molecule has 0 aliphatic heterocycles. The number of hydrogen-bond acceptors (Lipinski definition) is 7. The number of sulfonamides is 1. The van der Waals surface area contributed by atoms with E-state index in [1.807, 2.05) is 6.92 Å². The molecule has 3 rings (SSSR count). The van der Waals surface area contributed by atoms with Gasteiger partial charge in [0.15, 0.2) is 0 Å². The minimum absolute atomic E-state index is 0.00289. The number of carbonyl (C=O) groups excluding carboxylic acids is 1. The standard InChI is InChI=1S/C23H24N4O6S/c1-2-33-21-10-12-22(13-11-21)34(31,32)26-19-5-3-4-17(16-19)23(28)25-15-14-24-18-6-8-20(9-7-18)27(29)30/h3-13,16,24,26H,2,14-15H2,1H3,(H,25,28). The zero-order valence-corrected chi connectivity index (χ0v) is 19.2. The largest absolute Gasteiger partial charge is 0.494 e. The van der Waals surface area contributed by atoms with Crippen LogP contribution in [0.15, 0.2) is 77.7 Å². The van der Waals surface area contributed by atoms with Crippen LogP contribution in [0.5, 0.6) is 5.75 Å². The van der Waals surface area contributed by atoms with Gasteiger partial charge in [0.1, 0.15) is 5.75 Å². The first-order valence-corrected chi connectivity index (χ1v) is 11.9. The molecule has 0 saturated heterocycles. The molecule has 0 aromatic heterocycles. The van der Waals surface area contributed by atoms with Gasteiger partial charge in [-0.2, -0.15) is 0 Å². The number of hydrogen-bond donors (Lipinski definition) is 3. The second kappa shape index (κ2) is 11.1. The minimum Gasteiger partial charge on any atom is -0.494 e. The van der Waals surface area contributed by atoms with E-state index >= 15 is 0 Å². The van der Waals surface area contributed by atoms with E-state index in [-0.39, 0.29) is 28.7 Å². The van der Waals surface area contributed by atoms with Gasteiger partial charge < -0.3 is 15.4 Å². The quantitative estimate of drug-likeness (QED) is 0.214. The first kappa shape index (κ1) is 24.5. The lowest BCUT2D eigenvalue weighted by atomic mass is 10.2. The third-order valence-electron chi connectivity index (χ3n) is 4.64. The molecular weight excluding hydrogens is 460 g/mol. The van der Waals surface area contributed by atoms with E-state index in [0.29, 0.717) is 30.2 Å². The molecule has 0 fully saturated rings. The van der Waals surface area contributed by atoms with Crippen molar-refractivity contribution in [1.82, 2.24) is 5.32 Å². The lowest BCUT2D eigenvalue weighted by Crippen LogP contribution is -2.28. The Balaban J connectivity index is 1.54. The highest BCUT2D eigenvalue weighted by atomic mass is 32.2. The molecule has 3 aromatic carbocycles. The number of non-ortho nitro benzene ring substituents is 1. The first-order chi connectivity index (χ1) is 16.3. The number of benzene rings is 3. The van der Waals surface area contributed by atoms with Crippen LogP contribution in [-0.4, -0.2) is 38.9 Å². The van der Waals surface area contributed by atoms with Gasteiger partial charge in [0.05, 0.1) is 16.4 Å². The van der Waals surface area contributed by atoms with Gasteiger partial charge in [-0.25, -0.2) is 8.42 Å². The van der Waals surface area contributed by atoms with Crippen molar-refractivity contribution in [2.45, 2.75) is 11.8 Å². The maximum absolute atomic E-state index is 12.7. The molecule has 11 heteroatoms.